The Morgan fingerprint density at radius 2 is 1.19 bits per heavy atom. The smallest absolute Gasteiger partial charge is 0.338 e. The van der Waals surface area contributed by atoms with Crippen molar-refractivity contribution in [2.45, 2.75) is 31.3 Å². The van der Waals surface area contributed by atoms with E-state index in [1.165, 1.54) is 31.2 Å². The first-order valence-electron chi connectivity index (χ1n) is 10.0. The fourth-order valence-corrected chi connectivity index (χ4v) is 3.59. The average Bonchev–Trinajstić information content (AvgIpc) is 3.37. The van der Waals surface area contributed by atoms with E-state index >= 15 is 0 Å². The van der Waals surface area contributed by atoms with Crippen LogP contribution in [0.25, 0.3) is 0 Å². The minimum Gasteiger partial charge on any atom is -0.497 e. The van der Waals surface area contributed by atoms with Gasteiger partial charge in [0.2, 0.25) is 0 Å². The summed E-state index contributed by atoms with van der Waals surface area (Å²) in [6.45, 7) is 1.56. The number of ether oxygens (including phenoxy) is 6. The number of benzene rings is 2. The van der Waals surface area contributed by atoms with Gasteiger partial charge in [0.1, 0.15) is 23.7 Å². The molecule has 2 aliphatic rings. The van der Waals surface area contributed by atoms with E-state index < -0.39 is 42.3 Å². The van der Waals surface area contributed by atoms with Gasteiger partial charge in [0.25, 0.3) is 0 Å². The molecule has 4 atom stereocenters. The van der Waals surface area contributed by atoms with Gasteiger partial charge in [-0.15, -0.1) is 0 Å². The van der Waals surface area contributed by atoms with Crippen LogP contribution in [0.3, 0.4) is 0 Å². The highest BCUT2D eigenvalue weighted by atomic mass is 16.7. The van der Waals surface area contributed by atoms with Gasteiger partial charge in [0.05, 0.1) is 31.5 Å². The molecule has 0 spiro atoms. The lowest BCUT2D eigenvalue weighted by Crippen LogP contribution is -2.36. The van der Waals surface area contributed by atoms with Gasteiger partial charge in [-0.2, -0.15) is 0 Å². The van der Waals surface area contributed by atoms with Crippen molar-refractivity contribution in [2.24, 2.45) is 0 Å². The lowest BCUT2D eigenvalue weighted by Gasteiger charge is -2.17. The number of rotatable bonds is 6. The molecule has 4 unspecified atom stereocenters. The van der Waals surface area contributed by atoms with Crippen LogP contribution >= 0.6 is 0 Å². The van der Waals surface area contributed by atoms with E-state index in [0.717, 1.165) is 0 Å². The molecule has 0 saturated carbocycles. The minimum atomic E-state index is -0.634. The second kappa shape index (κ2) is 9.37. The summed E-state index contributed by atoms with van der Waals surface area (Å²) >= 11 is 0. The summed E-state index contributed by atoms with van der Waals surface area (Å²) in [5.74, 6) is -0.542. The van der Waals surface area contributed by atoms with Crippen molar-refractivity contribution in [1.29, 1.82) is 0 Å². The predicted molar refractivity (Wildman–Crippen MR) is 109 cm³/mol. The Labute approximate surface area is 184 Å². The molecule has 2 fully saturated rings. The van der Waals surface area contributed by atoms with E-state index in [9.17, 15) is 14.4 Å². The molecule has 0 aromatic heterocycles. The Hall–Kier alpha value is -3.43. The van der Waals surface area contributed by atoms with Gasteiger partial charge in [-0.1, -0.05) is 0 Å². The molecule has 0 amide bonds. The van der Waals surface area contributed by atoms with E-state index in [4.69, 9.17) is 28.4 Å². The van der Waals surface area contributed by atoms with Gasteiger partial charge in [0, 0.05) is 6.92 Å². The summed E-state index contributed by atoms with van der Waals surface area (Å²) in [6.07, 6.45) is -2.30. The first-order chi connectivity index (χ1) is 15.4. The van der Waals surface area contributed by atoms with Crippen molar-refractivity contribution < 1.29 is 42.8 Å². The first-order valence-corrected chi connectivity index (χ1v) is 10.0. The Kier molecular flexibility index (Phi) is 6.38. The van der Waals surface area contributed by atoms with Crippen LogP contribution in [0.2, 0.25) is 0 Å². The van der Waals surface area contributed by atoms with Crippen molar-refractivity contribution in [3.63, 3.8) is 0 Å². The van der Waals surface area contributed by atoms with Crippen LogP contribution in [0.4, 0.5) is 0 Å². The summed E-state index contributed by atoms with van der Waals surface area (Å²) in [4.78, 5) is 35.9. The number of hydrogen-bond donors (Lipinski definition) is 0. The molecule has 0 aliphatic carbocycles. The van der Waals surface area contributed by atoms with Crippen LogP contribution in [0.1, 0.15) is 27.6 Å². The maximum absolute atomic E-state index is 12.5. The average molecular weight is 442 g/mol. The monoisotopic (exact) mass is 442 g/mol. The maximum atomic E-state index is 12.5. The molecule has 32 heavy (non-hydrogen) atoms. The highest BCUT2D eigenvalue weighted by Crippen LogP contribution is 2.31. The van der Waals surface area contributed by atoms with Crippen molar-refractivity contribution in [2.75, 3.05) is 20.3 Å². The summed E-state index contributed by atoms with van der Waals surface area (Å²) in [6, 6.07) is 12.6. The van der Waals surface area contributed by atoms with Gasteiger partial charge < -0.3 is 28.4 Å². The molecule has 2 aliphatic heterocycles. The molecule has 168 valence electrons. The third kappa shape index (κ3) is 4.74. The van der Waals surface area contributed by atoms with Gasteiger partial charge in [-0.25, -0.2) is 9.59 Å². The molecule has 0 radical (unpaired) electrons. The number of hydrogen-bond acceptors (Lipinski definition) is 9. The van der Waals surface area contributed by atoms with Crippen molar-refractivity contribution in [3.8, 4) is 11.5 Å². The Morgan fingerprint density at radius 3 is 1.59 bits per heavy atom. The molecule has 2 aromatic rings. The molecule has 2 saturated heterocycles. The Morgan fingerprint density at radius 1 is 0.750 bits per heavy atom. The molecular formula is C23H22O9. The number of carbonyl (C=O) groups excluding carboxylic acids is 3. The number of methoxy groups -OCH3 is 1. The fraction of sp³-hybridized carbons (Fsp3) is 0.348. The SMILES string of the molecule is COc1ccc(C(=O)OC2COC3C(OC(=O)c4ccc(OC(C)=O)cc4)COC23)cc1. The molecule has 2 heterocycles. The van der Waals surface area contributed by atoms with E-state index in [1.807, 2.05) is 0 Å². The topological polar surface area (TPSA) is 107 Å². The molecule has 4 rings (SSSR count). The van der Waals surface area contributed by atoms with E-state index in [2.05, 4.69) is 0 Å². The largest absolute Gasteiger partial charge is 0.497 e. The van der Waals surface area contributed by atoms with Crippen molar-refractivity contribution in [3.05, 3.63) is 59.7 Å². The molecule has 2 aromatic carbocycles. The third-order valence-electron chi connectivity index (χ3n) is 5.16. The van der Waals surface area contributed by atoms with Gasteiger partial charge >= 0.3 is 17.9 Å². The van der Waals surface area contributed by atoms with Crippen LogP contribution < -0.4 is 9.47 Å². The Bertz CT molecular complexity index is 984. The zero-order chi connectivity index (χ0) is 22.7. The summed E-state index contributed by atoms with van der Waals surface area (Å²) in [5.41, 5.74) is 0.678. The van der Waals surface area contributed by atoms with Crippen LogP contribution in [0, 0.1) is 0 Å². The minimum absolute atomic E-state index is 0.128. The van der Waals surface area contributed by atoms with Crippen LogP contribution in [0.15, 0.2) is 48.5 Å². The normalized spacial score (nSPS) is 23.8. The number of fused-ring (bicyclic) bond motifs is 1. The van der Waals surface area contributed by atoms with Gasteiger partial charge in [-0.3, -0.25) is 4.79 Å². The summed E-state index contributed by atoms with van der Waals surface area (Å²) < 4.78 is 32.6. The standard InChI is InChI=1S/C23H22O9/c1-13(24)30-17-9-5-15(6-10-17)23(26)32-19-12-29-20-18(11-28-21(19)20)31-22(25)14-3-7-16(27-2)8-4-14/h3-10,18-21H,11-12H2,1-2H3. The van der Waals surface area contributed by atoms with Gasteiger partial charge in [-0.05, 0) is 48.5 Å². The molecule has 9 nitrogen and oxygen atoms in total. The van der Waals surface area contributed by atoms with Crippen molar-refractivity contribution in [1.82, 2.24) is 0 Å². The fourth-order valence-electron chi connectivity index (χ4n) is 3.59. The van der Waals surface area contributed by atoms with Crippen LogP contribution in [0.5, 0.6) is 11.5 Å². The van der Waals surface area contributed by atoms with E-state index in [1.54, 1.807) is 31.4 Å². The van der Waals surface area contributed by atoms with Crippen LogP contribution in [-0.2, 0) is 23.7 Å². The number of esters is 3. The molecule has 9 heteroatoms. The van der Waals surface area contributed by atoms with Gasteiger partial charge in [0.15, 0.2) is 12.2 Å². The third-order valence-corrected chi connectivity index (χ3v) is 5.16. The summed E-state index contributed by atoms with van der Waals surface area (Å²) in [5, 5.41) is 0. The second-order valence-corrected chi connectivity index (χ2v) is 7.33. The highest BCUT2D eigenvalue weighted by Gasteiger charge is 2.51. The molecule has 0 N–H and O–H groups in total. The van der Waals surface area contributed by atoms with E-state index in [0.29, 0.717) is 22.6 Å². The first kappa shape index (κ1) is 21.8. The lowest BCUT2D eigenvalue weighted by atomic mass is 10.1. The maximum Gasteiger partial charge on any atom is 0.338 e. The predicted octanol–water partition coefficient (Wildman–Crippen LogP) is 2.17. The lowest BCUT2D eigenvalue weighted by molar-refractivity contribution is -0.131. The quantitative estimate of drug-likeness (QED) is 0.491. The summed E-state index contributed by atoms with van der Waals surface area (Å²) in [7, 11) is 1.54. The van der Waals surface area contributed by atoms with Crippen LogP contribution in [-0.4, -0.2) is 62.6 Å². The zero-order valence-corrected chi connectivity index (χ0v) is 17.5. The van der Waals surface area contributed by atoms with E-state index in [-0.39, 0.29) is 13.2 Å². The zero-order valence-electron chi connectivity index (χ0n) is 17.5. The molecule has 0 bridgehead atoms. The molecular weight excluding hydrogens is 420 g/mol. The Balaban J connectivity index is 1.33. The second-order valence-electron chi connectivity index (χ2n) is 7.33. The number of carbonyl (C=O) groups is 3. The van der Waals surface area contributed by atoms with Crippen molar-refractivity contribution >= 4 is 17.9 Å². The highest BCUT2D eigenvalue weighted by molar-refractivity contribution is 5.90.